The van der Waals surface area contributed by atoms with Gasteiger partial charge in [0, 0.05) is 42.8 Å². The number of carbonyl (C=O) groups is 2. The summed E-state index contributed by atoms with van der Waals surface area (Å²) in [5, 5.41) is 3.39. The molecule has 0 spiro atoms. The molecule has 0 radical (unpaired) electrons. The molecule has 1 aliphatic rings. The quantitative estimate of drug-likeness (QED) is 0.533. The summed E-state index contributed by atoms with van der Waals surface area (Å²) in [4.78, 5) is 43.9. The predicted molar refractivity (Wildman–Crippen MR) is 126 cm³/mol. The number of likely N-dealkylation sites (tertiary alicyclic amines) is 1. The maximum atomic E-state index is 12.8. The summed E-state index contributed by atoms with van der Waals surface area (Å²) in [5.41, 5.74) is 1.20. The van der Waals surface area contributed by atoms with Gasteiger partial charge < -0.3 is 24.5 Å². The molecule has 3 aromatic heterocycles. The molecule has 2 N–H and O–H groups in total. The fraction of sp³-hybridized carbons (Fsp3) is 0.435. The average molecular weight is 457 g/mol. The fourth-order valence-electron chi connectivity index (χ4n) is 4.11. The number of amides is 1. The molecule has 1 fully saturated rings. The molecule has 3 aromatic rings. The molecule has 4 heterocycles. The average Bonchev–Trinajstić information content (AvgIpc) is 3.47. The summed E-state index contributed by atoms with van der Waals surface area (Å²) in [7, 11) is 3.77. The van der Waals surface area contributed by atoms with E-state index in [2.05, 4.69) is 22.2 Å². The number of ether oxygens (including phenoxy) is 1. The second-order valence-corrected chi connectivity index (χ2v) is 9.29. The van der Waals surface area contributed by atoms with Gasteiger partial charge in [0.15, 0.2) is 5.78 Å². The van der Waals surface area contributed by atoms with Crippen molar-refractivity contribution in [3.05, 3.63) is 39.3 Å². The van der Waals surface area contributed by atoms with Crippen molar-refractivity contribution in [2.75, 3.05) is 26.7 Å². The van der Waals surface area contributed by atoms with Gasteiger partial charge in [-0.3, -0.25) is 14.4 Å². The van der Waals surface area contributed by atoms with Gasteiger partial charge in [0.25, 0.3) is 11.5 Å². The molecule has 8 nitrogen and oxygen atoms in total. The predicted octanol–water partition coefficient (Wildman–Crippen LogP) is 3.02. The minimum atomic E-state index is -0.270. The Morgan fingerprint density at radius 1 is 1.31 bits per heavy atom. The number of Topliss-reactive ketones (excluding diaryl/α,β-unsaturated/α-hetero) is 1. The van der Waals surface area contributed by atoms with E-state index >= 15 is 0 Å². The van der Waals surface area contributed by atoms with E-state index in [1.807, 2.05) is 6.92 Å². The van der Waals surface area contributed by atoms with Crippen LogP contribution in [0.1, 0.15) is 46.8 Å². The van der Waals surface area contributed by atoms with E-state index in [1.165, 1.54) is 22.8 Å². The van der Waals surface area contributed by atoms with Crippen molar-refractivity contribution in [1.82, 2.24) is 19.8 Å². The standard InChI is InChI=1S/C23H28N4O4S/c1-5-24-22(29)17-9-15-16(11-27(4)23(30)20(15)25-17)21-18(10-19(32-21)13(2)28)31-12-14-7-6-8-26(14)3/h9-11,14,25H,5-8,12H2,1-4H3,(H,24,29). The minimum absolute atomic E-state index is 0.0396. The van der Waals surface area contributed by atoms with E-state index in [0.29, 0.717) is 46.4 Å². The Hall–Kier alpha value is -2.91. The molecule has 0 aliphatic carbocycles. The smallest absolute Gasteiger partial charge is 0.274 e. The van der Waals surface area contributed by atoms with Gasteiger partial charge in [0.2, 0.25) is 0 Å². The summed E-state index contributed by atoms with van der Waals surface area (Å²) in [6.45, 7) is 5.44. The second kappa shape index (κ2) is 8.91. The van der Waals surface area contributed by atoms with Crippen molar-refractivity contribution in [3.8, 4) is 16.2 Å². The molecule has 1 saturated heterocycles. The highest BCUT2D eigenvalue weighted by molar-refractivity contribution is 7.18. The molecule has 4 rings (SSSR count). The van der Waals surface area contributed by atoms with Crippen molar-refractivity contribution >= 4 is 33.9 Å². The Bertz CT molecular complexity index is 1240. The number of carbonyl (C=O) groups excluding carboxylic acids is 2. The van der Waals surface area contributed by atoms with Gasteiger partial charge in [-0.1, -0.05) is 0 Å². The zero-order valence-electron chi connectivity index (χ0n) is 18.8. The van der Waals surface area contributed by atoms with Gasteiger partial charge in [-0.25, -0.2) is 0 Å². The molecule has 0 aromatic carbocycles. The topological polar surface area (TPSA) is 96.4 Å². The summed E-state index contributed by atoms with van der Waals surface area (Å²) in [6.07, 6.45) is 3.96. The van der Waals surface area contributed by atoms with Crippen LogP contribution in [0.2, 0.25) is 0 Å². The van der Waals surface area contributed by atoms with Gasteiger partial charge in [0.05, 0.1) is 9.75 Å². The maximum absolute atomic E-state index is 12.8. The highest BCUT2D eigenvalue weighted by Crippen LogP contribution is 2.41. The van der Waals surface area contributed by atoms with Gasteiger partial charge in [-0.15, -0.1) is 11.3 Å². The van der Waals surface area contributed by atoms with Crippen LogP contribution in [-0.4, -0.2) is 58.9 Å². The van der Waals surface area contributed by atoms with E-state index in [1.54, 1.807) is 25.4 Å². The molecular weight excluding hydrogens is 428 g/mol. The summed E-state index contributed by atoms with van der Waals surface area (Å²) in [5.74, 6) is 0.316. The molecule has 1 unspecified atom stereocenters. The molecule has 0 saturated carbocycles. The second-order valence-electron chi connectivity index (χ2n) is 8.24. The van der Waals surface area contributed by atoms with Gasteiger partial charge in [-0.05, 0) is 46.3 Å². The van der Waals surface area contributed by atoms with Crippen LogP contribution in [0.5, 0.6) is 5.75 Å². The number of likely N-dealkylation sites (N-methyl/N-ethyl adjacent to an activating group) is 1. The molecule has 170 valence electrons. The van der Waals surface area contributed by atoms with Gasteiger partial charge >= 0.3 is 0 Å². The van der Waals surface area contributed by atoms with Crippen LogP contribution in [-0.2, 0) is 7.05 Å². The maximum Gasteiger partial charge on any atom is 0.274 e. The SMILES string of the molecule is CCNC(=O)c1cc2c(-c3sc(C(C)=O)cc3OCC3CCCN3C)cn(C)c(=O)c2[nH]1. The van der Waals surface area contributed by atoms with Crippen molar-refractivity contribution < 1.29 is 14.3 Å². The number of hydrogen-bond donors (Lipinski definition) is 2. The van der Waals surface area contributed by atoms with Crippen LogP contribution in [0.15, 0.2) is 23.1 Å². The summed E-state index contributed by atoms with van der Waals surface area (Å²) < 4.78 is 7.71. The monoisotopic (exact) mass is 456 g/mol. The number of H-pyrrole nitrogens is 1. The highest BCUT2D eigenvalue weighted by atomic mass is 32.1. The number of pyridine rings is 1. The minimum Gasteiger partial charge on any atom is -0.490 e. The third-order valence-corrected chi connectivity index (χ3v) is 7.19. The number of rotatable bonds is 7. The van der Waals surface area contributed by atoms with E-state index < -0.39 is 0 Å². The lowest BCUT2D eigenvalue weighted by Gasteiger charge is -2.19. The normalized spacial score (nSPS) is 16.6. The molecule has 1 aliphatic heterocycles. The van der Waals surface area contributed by atoms with E-state index in [4.69, 9.17) is 4.74 Å². The summed E-state index contributed by atoms with van der Waals surface area (Å²) >= 11 is 1.34. The zero-order chi connectivity index (χ0) is 23.0. The third kappa shape index (κ3) is 4.10. The Kier molecular flexibility index (Phi) is 6.21. The molecule has 32 heavy (non-hydrogen) atoms. The van der Waals surface area contributed by atoms with E-state index in [9.17, 15) is 14.4 Å². The van der Waals surface area contributed by atoms with Crippen LogP contribution >= 0.6 is 11.3 Å². The Morgan fingerprint density at radius 3 is 2.75 bits per heavy atom. The first-order valence-corrected chi connectivity index (χ1v) is 11.6. The Labute approximate surface area is 190 Å². The van der Waals surface area contributed by atoms with Crippen molar-refractivity contribution in [2.45, 2.75) is 32.7 Å². The van der Waals surface area contributed by atoms with Crippen molar-refractivity contribution in [2.24, 2.45) is 7.05 Å². The first-order chi connectivity index (χ1) is 15.3. The van der Waals surface area contributed by atoms with E-state index in [0.717, 1.165) is 29.8 Å². The number of aromatic amines is 1. The number of aromatic nitrogens is 2. The largest absolute Gasteiger partial charge is 0.490 e. The lowest BCUT2D eigenvalue weighted by Crippen LogP contribution is -2.30. The van der Waals surface area contributed by atoms with Crippen LogP contribution in [0.3, 0.4) is 0 Å². The third-order valence-electron chi connectivity index (χ3n) is 5.94. The molecule has 1 atom stereocenters. The van der Waals surface area contributed by atoms with Crippen molar-refractivity contribution in [1.29, 1.82) is 0 Å². The summed E-state index contributed by atoms with van der Waals surface area (Å²) in [6, 6.07) is 3.81. The van der Waals surface area contributed by atoms with Crippen LogP contribution in [0.4, 0.5) is 0 Å². The van der Waals surface area contributed by atoms with Gasteiger partial charge in [-0.2, -0.15) is 0 Å². The number of aryl methyl sites for hydroxylation is 1. The number of ketones is 1. The Morgan fingerprint density at radius 2 is 2.09 bits per heavy atom. The van der Waals surface area contributed by atoms with Crippen LogP contribution < -0.4 is 15.6 Å². The van der Waals surface area contributed by atoms with Crippen LogP contribution in [0, 0.1) is 0 Å². The highest BCUT2D eigenvalue weighted by Gasteiger charge is 2.25. The number of nitrogens with zero attached hydrogens (tertiary/aromatic N) is 2. The Balaban J connectivity index is 1.82. The molecule has 0 bridgehead atoms. The van der Waals surface area contributed by atoms with Gasteiger partial charge in [0.1, 0.15) is 23.6 Å². The first-order valence-electron chi connectivity index (χ1n) is 10.8. The van der Waals surface area contributed by atoms with E-state index in [-0.39, 0.29) is 17.2 Å². The number of thiophene rings is 1. The molecule has 9 heteroatoms. The molecule has 1 amide bonds. The molecular formula is C23H28N4O4S. The van der Waals surface area contributed by atoms with Crippen molar-refractivity contribution in [3.63, 3.8) is 0 Å². The number of hydrogen-bond acceptors (Lipinski definition) is 6. The van der Waals surface area contributed by atoms with Crippen LogP contribution in [0.25, 0.3) is 21.3 Å². The lowest BCUT2D eigenvalue weighted by molar-refractivity contribution is 0.0950. The number of nitrogens with one attached hydrogen (secondary N) is 2. The number of fused-ring (bicyclic) bond motifs is 1. The first kappa shape index (κ1) is 22.3. The lowest BCUT2D eigenvalue weighted by atomic mass is 10.1. The zero-order valence-corrected chi connectivity index (χ0v) is 19.6. The fourth-order valence-corrected chi connectivity index (χ4v) is 5.13.